The van der Waals surface area contributed by atoms with Crippen molar-refractivity contribution in [2.24, 2.45) is 5.92 Å². The number of aromatic nitrogens is 2. The van der Waals surface area contributed by atoms with Gasteiger partial charge in [-0.05, 0) is 30.4 Å². The van der Waals surface area contributed by atoms with Gasteiger partial charge in [-0.15, -0.1) is 0 Å². The Morgan fingerprint density at radius 3 is 2.38 bits per heavy atom. The van der Waals surface area contributed by atoms with Crippen LogP contribution in [0.5, 0.6) is 0 Å². The van der Waals surface area contributed by atoms with Crippen LogP contribution in [0.3, 0.4) is 0 Å². The Morgan fingerprint density at radius 1 is 1.05 bits per heavy atom. The zero-order chi connectivity index (χ0) is 27.6. The molecule has 1 aliphatic carbocycles. The van der Waals surface area contributed by atoms with E-state index in [2.05, 4.69) is 14.6 Å². The molecule has 1 aliphatic rings. The van der Waals surface area contributed by atoms with E-state index in [-0.39, 0.29) is 37.7 Å². The normalized spacial score (nSPS) is 18.7. The van der Waals surface area contributed by atoms with Crippen LogP contribution < -0.4 is 11.0 Å². The van der Waals surface area contributed by atoms with Crippen LogP contribution in [-0.2, 0) is 29.1 Å². The van der Waals surface area contributed by atoms with Crippen molar-refractivity contribution in [2.75, 3.05) is 18.5 Å². The summed E-state index contributed by atoms with van der Waals surface area (Å²) in [6.45, 7) is 0.853. The molecule has 0 radical (unpaired) electrons. The Morgan fingerprint density at radius 2 is 1.72 bits per heavy atom. The first-order valence-corrected chi connectivity index (χ1v) is 15.2. The third-order valence-electron chi connectivity index (χ3n) is 5.83. The van der Waals surface area contributed by atoms with Crippen LogP contribution in [0.25, 0.3) is 11.0 Å². The number of nitrogens with zero attached hydrogens (tertiary/aromatic N) is 2. The van der Waals surface area contributed by atoms with Crippen LogP contribution in [0.4, 0.5) is 5.82 Å². The molecular formula is C23H33N5O8P2U-2. The fourth-order valence-corrected chi connectivity index (χ4v) is 5.93. The smallest absolute Gasteiger partial charge is 0.570 e. The summed E-state index contributed by atoms with van der Waals surface area (Å²) in [7, 11) is -9.39. The molecule has 4 unspecified atom stereocenters. The molecule has 16 heteroatoms. The van der Waals surface area contributed by atoms with Gasteiger partial charge in [-0.25, -0.2) is 4.98 Å². The van der Waals surface area contributed by atoms with Crippen molar-refractivity contribution in [1.29, 1.82) is 0 Å². The Labute approximate surface area is 251 Å². The summed E-state index contributed by atoms with van der Waals surface area (Å²) in [5, 5.41) is 23.5. The first kappa shape index (κ1) is 34.2. The van der Waals surface area contributed by atoms with Gasteiger partial charge in [0.15, 0.2) is 0 Å². The molecule has 2 aromatic rings. The maximum absolute atomic E-state index is 12.3. The number of anilines is 1. The van der Waals surface area contributed by atoms with E-state index < -0.39 is 40.0 Å². The standard InChI is InChI=1S/C23H34N5O8P2.U/c24-37(32,36-38(25,33)35-17-19-9-5-2-6-10-19)34-14-12-20(29)21(30)16-28-13-11-22(27-23(28)31)26-15-18-7-3-1-4-8-18;/h2,5-6,9-13,16,18,20-21,29-30H,1,3-4,7-8,14-15,17H2,(H4-,24,25,26,27,31,32,33);/q-3;+2/p-1. The summed E-state index contributed by atoms with van der Waals surface area (Å²) in [6, 6.07) is 10.1. The summed E-state index contributed by atoms with van der Waals surface area (Å²) in [5.74, 6) is 0.972. The van der Waals surface area contributed by atoms with Crippen molar-refractivity contribution in [2.45, 2.75) is 50.9 Å². The van der Waals surface area contributed by atoms with Gasteiger partial charge >= 0.3 is 31.1 Å². The van der Waals surface area contributed by atoms with Crippen molar-refractivity contribution >= 4 is 21.3 Å². The second-order valence-electron chi connectivity index (χ2n) is 8.88. The minimum atomic E-state index is -4.75. The average Bonchev–Trinajstić information content (AvgIpc) is 2.88. The van der Waals surface area contributed by atoms with Crippen molar-refractivity contribution in [3.8, 4) is 0 Å². The third kappa shape index (κ3) is 12.6. The number of aliphatic hydroxyl groups excluding tert-OH is 2. The minimum absolute atomic E-state index is 0. The molecule has 1 heterocycles. The Balaban J connectivity index is 0.00000533. The van der Waals surface area contributed by atoms with E-state index in [1.54, 1.807) is 36.4 Å². The van der Waals surface area contributed by atoms with E-state index >= 15 is 0 Å². The van der Waals surface area contributed by atoms with Gasteiger partial charge in [0.05, 0.1) is 6.61 Å². The van der Waals surface area contributed by atoms with Crippen molar-refractivity contribution in [3.05, 3.63) is 82.6 Å². The molecule has 13 nitrogen and oxygen atoms in total. The Hall–Kier alpha value is -0.998. The van der Waals surface area contributed by atoms with Crippen molar-refractivity contribution in [3.63, 3.8) is 0 Å². The van der Waals surface area contributed by atoms with Crippen molar-refractivity contribution in [1.82, 2.24) is 9.55 Å². The third-order valence-corrected chi connectivity index (χ3v) is 8.51. The van der Waals surface area contributed by atoms with E-state index in [1.165, 1.54) is 25.5 Å². The molecule has 1 saturated carbocycles. The molecule has 0 spiro atoms. The van der Waals surface area contributed by atoms with Gasteiger partial charge in [0.2, 0.25) is 21.2 Å². The number of aliphatic hydroxyl groups is 2. The molecule has 1 aromatic heterocycles. The van der Waals surface area contributed by atoms with Crippen LogP contribution in [0.1, 0.15) is 37.7 Å². The topological polar surface area (TPSA) is 197 Å². The van der Waals surface area contributed by atoms with E-state index in [1.807, 2.05) is 0 Å². The first-order valence-electron chi connectivity index (χ1n) is 12.2. The molecule has 5 N–H and O–H groups in total. The fourth-order valence-electron chi connectivity index (χ4n) is 3.82. The molecule has 39 heavy (non-hydrogen) atoms. The maximum Gasteiger partial charge on any atom is 2.00 e. The average molecular weight is 808 g/mol. The Bertz CT molecular complexity index is 1170. The van der Waals surface area contributed by atoms with E-state index in [4.69, 9.17) is 20.1 Å². The van der Waals surface area contributed by atoms with Gasteiger partial charge in [-0.2, -0.15) is 0 Å². The van der Waals surface area contributed by atoms with Crippen LogP contribution in [0, 0.1) is 50.0 Å². The predicted octanol–water partition coefficient (Wildman–Crippen LogP) is 4.74. The molecule has 214 valence electrons. The molecule has 0 bridgehead atoms. The maximum atomic E-state index is 12.3. The predicted molar refractivity (Wildman–Crippen MR) is 142 cm³/mol. The summed E-state index contributed by atoms with van der Waals surface area (Å²) in [5.41, 5.74) is 15.0. The molecule has 0 amide bonds. The monoisotopic (exact) mass is 807 g/mol. The fraction of sp³-hybridized carbons (Fsp3) is 0.478. The zero-order valence-electron chi connectivity index (χ0n) is 21.2. The number of rotatable bonds is 15. The van der Waals surface area contributed by atoms with Gasteiger partial charge in [-0.3, -0.25) is 19.9 Å². The largest absolute Gasteiger partial charge is 2.00 e. The van der Waals surface area contributed by atoms with Gasteiger partial charge in [0.25, 0.3) is 0 Å². The number of benzene rings is 1. The SMILES string of the molecule is [NH-]P(=O)(OC[CH-]C(O)C(O)[CH-]n1ccc(NCC2CCCCC2)nc1=O)OP([NH-])(=O)OCc1ccccc1.[U+2]. The molecular weight excluding hydrogens is 774 g/mol. The minimum Gasteiger partial charge on any atom is -0.570 e. The van der Waals surface area contributed by atoms with E-state index in [9.17, 15) is 24.1 Å². The molecule has 4 atom stereocenters. The molecule has 0 aliphatic heterocycles. The zero-order valence-corrected chi connectivity index (χ0v) is 27.2. The van der Waals surface area contributed by atoms with Crippen molar-refractivity contribution < 1.29 is 63.8 Å². The van der Waals surface area contributed by atoms with Crippen LogP contribution in [0.2, 0.25) is 0 Å². The quantitative estimate of drug-likeness (QED) is 0.167. The molecule has 1 aromatic carbocycles. The summed E-state index contributed by atoms with van der Waals surface area (Å²) in [4.78, 5) is 16.2. The first-order chi connectivity index (χ1) is 18.0. The summed E-state index contributed by atoms with van der Waals surface area (Å²) >= 11 is 0. The Kier molecular flexibility index (Phi) is 14.4. The van der Waals surface area contributed by atoms with Crippen LogP contribution in [0.15, 0.2) is 47.4 Å². The summed E-state index contributed by atoms with van der Waals surface area (Å²) in [6.07, 6.45) is 5.18. The van der Waals surface area contributed by atoms with Crippen LogP contribution >= 0.6 is 15.5 Å². The molecule has 0 saturated heterocycles. The van der Waals surface area contributed by atoms with E-state index in [0.29, 0.717) is 17.3 Å². The van der Waals surface area contributed by atoms with Gasteiger partial charge in [0, 0.05) is 12.6 Å². The van der Waals surface area contributed by atoms with Gasteiger partial charge in [0.1, 0.15) is 5.82 Å². The number of hydrogen-bond acceptors (Lipinski definition) is 10. The number of hydrogen-bond donors (Lipinski definition) is 3. The molecule has 3 rings (SSSR count). The number of nitrogens with one attached hydrogen (secondary N) is 3. The van der Waals surface area contributed by atoms with Gasteiger partial charge in [-0.1, -0.05) is 75.0 Å². The summed E-state index contributed by atoms with van der Waals surface area (Å²) < 4.78 is 39.2. The van der Waals surface area contributed by atoms with Crippen LogP contribution in [-0.4, -0.2) is 45.1 Å². The molecule has 1 fully saturated rings. The second-order valence-corrected chi connectivity index (χ2v) is 12.0. The van der Waals surface area contributed by atoms with E-state index in [0.717, 1.165) is 36.9 Å². The second kappa shape index (κ2) is 16.4. The van der Waals surface area contributed by atoms with Gasteiger partial charge < -0.3 is 44.9 Å².